The zero-order valence-electron chi connectivity index (χ0n) is 17.1. The Labute approximate surface area is 177 Å². The molecule has 5 rings (SSSR count). The molecule has 0 aliphatic carbocycles. The Morgan fingerprint density at radius 1 is 1.23 bits per heavy atom. The molecule has 0 spiro atoms. The van der Waals surface area contributed by atoms with E-state index < -0.39 is 0 Å². The van der Waals surface area contributed by atoms with Crippen LogP contribution in [0.1, 0.15) is 24.0 Å². The third-order valence-electron chi connectivity index (χ3n) is 5.68. The number of nitrogens with zero attached hydrogens (tertiary/aromatic N) is 4. The van der Waals surface area contributed by atoms with Crippen LogP contribution in [0.5, 0.6) is 5.75 Å². The second-order valence-corrected chi connectivity index (χ2v) is 7.73. The molecule has 1 saturated heterocycles. The van der Waals surface area contributed by atoms with Crippen molar-refractivity contribution < 1.29 is 9.13 Å². The van der Waals surface area contributed by atoms with E-state index in [1.807, 2.05) is 18.2 Å². The molecule has 1 N–H and O–H groups in total. The summed E-state index contributed by atoms with van der Waals surface area (Å²) in [7, 11) is 1.67. The van der Waals surface area contributed by atoms with Gasteiger partial charge in [0, 0.05) is 23.0 Å². The first kappa shape index (κ1) is 19.4. The van der Waals surface area contributed by atoms with E-state index in [0.29, 0.717) is 21.9 Å². The lowest BCUT2D eigenvalue weighted by Crippen LogP contribution is -2.19. The Morgan fingerprint density at radius 3 is 2.87 bits per heavy atom. The molecule has 0 amide bonds. The van der Waals surface area contributed by atoms with Crippen molar-refractivity contribution >= 4 is 28.2 Å². The molecule has 8 heteroatoms. The minimum Gasteiger partial charge on any atom is -0.496 e. The molecule has 0 atom stereocenters. The number of aromatic amines is 1. The lowest BCUT2D eigenvalue weighted by atomic mass is 10.1. The number of methoxy groups -OCH3 is 1. The van der Waals surface area contributed by atoms with Gasteiger partial charge in [-0.25, -0.2) is 9.37 Å². The average Bonchev–Trinajstić information content (AvgIpc) is 3.41. The Kier molecular flexibility index (Phi) is 4.99. The zero-order chi connectivity index (χ0) is 21.4. The summed E-state index contributed by atoms with van der Waals surface area (Å²) in [5.74, 6) is 0.469. The minimum atomic E-state index is -0.373. The van der Waals surface area contributed by atoms with E-state index >= 15 is 0 Å². The Bertz CT molecular complexity index is 1350. The molecule has 1 aliphatic rings. The number of hydrogen-bond donors (Lipinski definition) is 1. The molecule has 4 aromatic rings. The van der Waals surface area contributed by atoms with Crippen molar-refractivity contribution in [3.63, 3.8) is 0 Å². The maximum atomic E-state index is 13.6. The number of H-pyrrole nitrogens is 1. The maximum absolute atomic E-state index is 13.6. The van der Waals surface area contributed by atoms with E-state index in [2.05, 4.69) is 20.0 Å². The Balaban J connectivity index is 1.47. The van der Waals surface area contributed by atoms with Crippen LogP contribution in [-0.4, -0.2) is 46.0 Å². The highest BCUT2D eigenvalue weighted by Crippen LogP contribution is 2.24. The van der Waals surface area contributed by atoms with Gasteiger partial charge in [-0.05, 0) is 67.9 Å². The molecule has 2 aromatic carbocycles. The molecule has 7 nitrogen and oxygen atoms in total. The number of hydrogen-bond acceptors (Lipinski definition) is 5. The average molecular weight is 419 g/mol. The van der Waals surface area contributed by atoms with Crippen LogP contribution >= 0.6 is 0 Å². The number of fused-ring (bicyclic) bond motifs is 3. The Hall–Kier alpha value is -3.52. The summed E-state index contributed by atoms with van der Waals surface area (Å²) >= 11 is 0. The molecular weight excluding hydrogens is 397 g/mol. The smallest absolute Gasteiger partial charge is 0.298 e. The fourth-order valence-electron chi connectivity index (χ4n) is 4.11. The van der Waals surface area contributed by atoms with E-state index in [9.17, 15) is 9.18 Å². The van der Waals surface area contributed by atoms with Gasteiger partial charge in [0.1, 0.15) is 28.9 Å². The van der Waals surface area contributed by atoms with E-state index in [0.717, 1.165) is 36.5 Å². The van der Waals surface area contributed by atoms with Crippen molar-refractivity contribution in [1.82, 2.24) is 19.5 Å². The van der Waals surface area contributed by atoms with E-state index in [1.165, 1.54) is 36.0 Å². The van der Waals surface area contributed by atoms with Gasteiger partial charge in [0.15, 0.2) is 0 Å². The number of likely N-dealkylation sites (tertiary alicyclic amines) is 1. The number of nitrogens with one attached hydrogen (secondary N) is 1. The lowest BCUT2D eigenvalue weighted by molar-refractivity contribution is 0.321. The molecule has 31 heavy (non-hydrogen) atoms. The molecule has 0 unspecified atom stereocenters. The van der Waals surface area contributed by atoms with E-state index in [1.54, 1.807) is 19.4 Å². The summed E-state index contributed by atoms with van der Waals surface area (Å²) in [5, 5.41) is 4.88. The summed E-state index contributed by atoms with van der Waals surface area (Å²) in [5.41, 5.74) is 2.99. The first-order valence-electron chi connectivity index (χ1n) is 10.2. The minimum absolute atomic E-state index is 0.296. The highest BCUT2D eigenvalue weighted by molar-refractivity contribution is 6.04. The molecule has 0 radical (unpaired) electrons. The van der Waals surface area contributed by atoms with Gasteiger partial charge < -0.3 is 9.72 Å². The molecule has 3 heterocycles. The topological polar surface area (TPSA) is 75.5 Å². The van der Waals surface area contributed by atoms with Crippen LogP contribution < -0.4 is 10.3 Å². The lowest BCUT2D eigenvalue weighted by Gasteiger charge is -2.17. The second kappa shape index (κ2) is 7.96. The third kappa shape index (κ3) is 3.70. The number of rotatable bonds is 5. The van der Waals surface area contributed by atoms with Crippen LogP contribution in [-0.2, 0) is 6.54 Å². The predicted molar refractivity (Wildman–Crippen MR) is 118 cm³/mol. The molecule has 1 aliphatic heterocycles. The fourth-order valence-corrected chi connectivity index (χ4v) is 4.11. The third-order valence-corrected chi connectivity index (χ3v) is 5.68. The van der Waals surface area contributed by atoms with Gasteiger partial charge in [0.2, 0.25) is 0 Å². The van der Waals surface area contributed by atoms with Gasteiger partial charge in [-0.3, -0.25) is 9.69 Å². The Morgan fingerprint density at radius 2 is 2.06 bits per heavy atom. The van der Waals surface area contributed by atoms with Crippen molar-refractivity contribution in [2.45, 2.75) is 19.4 Å². The number of aromatic nitrogens is 3. The number of halogens is 1. The van der Waals surface area contributed by atoms with Gasteiger partial charge >= 0.3 is 0 Å². The van der Waals surface area contributed by atoms with E-state index in [4.69, 9.17) is 4.74 Å². The van der Waals surface area contributed by atoms with Crippen LogP contribution in [0, 0.1) is 5.82 Å². The number of benzene rings is 2. The number of ether oxygens (including phenoxy) is 1. The largest absolute Gasteiger partial charge is 0.496 e. The normalized spacial score (nSPS) is 14.9. The van der Waals surface area contributed by atoms with Crippen molar-refractivity contribution in [3.8, 4) is 5.75 Å². The summed E-state index contributed by atoms with van der Waals surface area (Å²) in [6.07, 6.45) is 5.43. The van der Waals surface area contributed by atoms with Crippen molar-refractivity contribution in [2.24, 2.45) is 5.10 Å². The summed E-state index contributed by atoms with van der Waals surface area (Å²) < 4.78 is 20.3. The van der Waals surface area contributed by atoms with Gasteiger partial charge in [-0.1, -0.05) is 0 Å². The summed E-state index contributed by atoms with van der Waals surface area (Å²) in [4.78, 5) is 22.6. The van der Waals surface area contributed by atoms with Crippen LogP contribution in [0.25, 0.3) is 21.9 Å². The van der Waals surface area contributed by atoms with Gasteiger partial charge in [0.05, 0.1) is 13.3 Å². The van der Waals surface area contributed by atoms with Crippen molar-refractivity contribution in [2.75, 3.05) is 20.2 Å². The SMILES string of the molecule is COc1ccc(C=Nn2cnc3c([nH]c4ccc(F)cc43)c2=O)cc1CN1CCCC1. The van der Waals surface area contributed by atoms with Crippen molar-refractivity contribution in [1.29, 1.82) is 0 Å². The second-order valence-electron chi connectivity index (χ2n) is 7.73. The summed E-state index contributed by atoms with van der Waals surface area (Å²) in [6.45, 7) is 3.01. The molecule has 2 aromatic heterocycles. The predicted octanol–water partition coefficient (Wildman–Crippen LogP) is 3.50. The molecule has 0 bridgehead atoms. The standard InChI is InChI=1S/C23H22FN5O2/c1-31-20-7-4-15(10-16(20)13-28-8-2-3-9-28)12-26-29-14-25-21-18-11-17(24)5-6-19(18)27-22(21)23(29)30/h4-7,10-12,14,27H,2-3,8-9,13H2,1H3. The van der Waals surface area contributed by atoms with Crippen LogP contribution in [0.4, 0.5) is 4.39 Å². The van der Waals surface area contributed by atoms with Gasteiger partial charge in [0.25, 0.3) is 5.56 Å². The monoisotopic (exact) mass is 419 g/mol. The first-order chi connectivity index (χ1) is 15.1. The van der Waals surface area contributed by atoms with E-state index in [-0.39, 0.29) is 11.4 Å². The molecule has 0 saturated carbocycles. The fraction of sp³-hybridized carbons (Fsp3) is 0.261. The summed E-state index contributed by atoms with van der Waals surface area (Å²) in [6, 6.07) is 10.2. The highest BCUT2D eigenvalue weighted by Gasteiger charge is 2.15. The van der Waals surface area contributed by atoms with Crippen LogP contribution in [0.15, 0.2) is 52.6 Å². The molecule has 158 valence electrons. The molecule has 1 fully saturated rings. The van der Waals surface area contributed by atoms with Gasteiger partial charge in [-0.2, -0.15) is 9.78 Å². The first-order valence-corrected chi connectivity index (χ1v) is 10.2. The molecular formula is C23H22FN5O2. The maximum Gasteiger partial charge on any atom is 0.298 e. The van der Waals surface area contributed by atoms with Crippen LogP contribution in [0.3, 0.4) is 0 Å². The highest BCUT2D eigenvalue weighted by atomic mass is 19.1. The zero-order valence-corrected chi connectivity index (χ0v) is 17.1. The van der Waals surface area contributed by atoms with Crippen molar-refractivity contribution in [3.05, 3.63) is 70.0 Å². The van der Waals surface area contributed by atoms with Crippen LogP contribution in [0.2, 0.25) is 0 Å². The van der Waals surface area contributed by atoms with Gasteiger partial charge in [-0.15, -0.1) is 0 Å². The quantitative estimate of drug-likeness (QED) is 0.503.